The van der Waals surface area contributed by atoms with E-state index < -0.39 is 5.54 Å². The molecule has 0 radical (unpaired) electrons. The zero-order chi connectivity index (χ0) is 16.7. The van der Waals surface area contributed by atoms with Gasteiger partial charge in [0.2, 0.25) is 5.91 Å². The SMILES string of the molecule is CCOC(=O)C1CCCN(CC(=O)NC2(C#N)CCCCC2)C1. The number of ether oxygens (including phenoxy) is 1. The molecule has 0 aromatic rings. The summed E-state index contributed by atoms with van der Waals surface area (Å²) in [7, 11) is 0. The van der Waals surface area contributed by atoms with Crippen molar-refractivity contribution < 1.29 is 14.3 Å². The average Bonchev–Trinajstić information content (AvgIpc) is 2.56. The molecule has 1 heterocycles. The first-order valence-electron chi connectivity index (χ1n) is 8.70. The van der Waals surface area contributed by atoms with Gasteiger partial charge >= 0.3 is 5.97 Å². The van der Waals surface area contributed by atoms with Crippen molar-refractivity contribution >= 4 is 11.9 Å². The van der Waals surface area contributed by atoms with Crippen molar-refractivity contribution in [3.63, 3.8) is 0 Å². The third-order valence-electron chi connectivity index (χ3n) is 4.79. The van der Waals surface area contributed by atoms with Gasteiger partial charge in [0, 0.05) is 6.54 Å². The van der Waals surface area contributed by atoms with Crippen LogP contribution in [0.25, 0.3) is 0 Å². The summed E-state index contributed by atoms with van der Waals surface area (Å²) in [6.45, 7) is 3.81. The van der Waals surface area contributed by atoms with Crippen LogP contribution in [0.3, 0.4) is 0 Å². The normalized spacial score (nSPS) is 24.4. The van der Waals surface area contributed by atoms with E-state index in [1.807, 2.05) is 4.90 Å². The lowest BCUT2D eigenvalue weighted by molar-refractivity contribution is -0.150. The number of hydrogen-bond acceptors (Lipinski definition) is 5. The first kappa shape index (κ1) is 17.7. The Hall–Kier alpha value is -1.61. The van der Waals surface area contributed by atoms with Crippen LogP contribution >= 0.6 is 0 Å². The van der Waals surface area contributed by atoms with E-state index in [0.717, 1.165) is 51.5 Å². The van der Waals surface area contributed by atoms with Crippen molar-refractivity contribution in [3.05, 3.63) is 0 Å². The van der Waals surface area contributed by atoms with Crippen LogP contribution in [0.5, 0.6) is 0 Å². The van der Waals surface area contributed by atoms with Gasteiger partial charge < -0.3 is 10.1 Å². The number of rotatable bonds is 5. The Bertz CT molecular complexity index is 466. The standard InChI is InChI=1S/C17H27N3O3/c1-2-23-16(22)14-7-6-10-20(11-14)12-15(21)19-17(13-18)8-4-3-5-9-17/h14H,2-12H2,1H3,(H,19,21). The summed E-state index contributed by atoms with van der Waals surface area (Å²) in [5.74, 6) is -0.424. The first-order chi connectivity index (χ1) is 11.1. The van der Waals surface area contributed by atoms with Crippen LogP contribution in [0.2, 0.25) is 0 Å². The number of nitrogens with zero attached hydrogens (tertiary/aromatic N) is 2. The minimum Gasteiger partial charge on any atom is -0.466 e. The van der Waals surface area contributed by atoms with E-state index in [-0.39, 0.29) is 24.3 Å². The maximum atomic E-state index is 12.3. The second-order valence-electron chi connectivity index (χ2n) is 6.63. The zero-order valence-corrected chi connectivity index (χ0v) is 14.0. The number of nitrogens with one attached hydrogen (secondary N) is 1. The molecule has 2 aliphatic rings. The molecule has 1 unspecified atom stereocenters. The molecule has 1 saturated heterocycles. The van der Waals surface area contributed by atoms with Crippen LogP contribution in [0.1, 0.15) is 51.9 Å². The Kier molecular flexibility index (Phi) is 6.40. The number of carbonyl (C=O) groups is 2. The highest BCUT2D eigenvalue weighted by atomic mass is 16.5. The van der Waals surface area contributed by atoms with Gasteiger partial charge in [-0.05, 0) is 39.2 Å². The van der Waals surface area contributed by atoms with Crippen molar-refractivity contribution in [3.8, 4) is 6.07 Å². The Morgan fingerprint density at radius 3 is 2.70 bits per heavy atom. The quantitative estimate of drug-likeness (QED) is 0.778. The molecule has 1 N–H and O–H groups in total. The molecular weight excluding hydrogens is 294 g/mol. The van der Waals surface area contributed by atoms with Crippen molar-refractivity contribution in [2.75, 3.05) is 26.2 Å². The minimum atomic E-state index is -0.689. The highest BCUT2D eigenvalue weighted by Gasteiger charge is 2.34. The Labute approximate surface area is 138 Å². The van der Waals surface area contributed by atoms with Crippen molar-refractivity contribution in [1.29, 1.82) is 5.26 Å². The molecule has 2 fully saturated rings. The maximum Gasteiger partial charge on any atom is 0.310 e. The fourth-order valence-corrected chi connectivity index (χ4v) is 3.58. The third-order valence-corrected chi connectivity index (χ3v) is 4.79. The van der Waals surface area contributed by atoms with E-state index in [4.69, 9.17) is 4.74 Å². The maximum absolute atomic E-state index is 12.3. The van der Waals surface area contributed by atoms with Gasteiger partial charge in [-0.3, -0.25) is 14.5 Å². The molecule has 0 spiro atoms. The first-order valence-corrected chi connectivity index (χ1v) is 8.70. The number of likely N-dealkylation sites (tertiary alicyclic amines) is 1. The smallest absolute Gasteiger partial charge is 0.310 e. The number of hydrogen-bond donors (Lipinski definition) is 1. The Morgan fingerprint density at radius 1 is 1.30 bits per heavy atom. The molecule has 2 rings (SSSR count). The summed E-state index contributed by atoms with van der Waals surface area (Å²) in [4.78, 5) is 26.2. The van der Waals surface area contributed by atoms with Gasteiger partial charge in [0.1, 0.15) is 5.54 Å². The van der Waals surface area contributed by atoms with E-state index in [9.17, 15) is 14.9 Å². The second kappa shape index (κ2) is 8.30. The summed E-state index contributed by atoms with van der Waals surface area (Å²) >= 11 is 0. The lowest BCUT2D eigenvalue weighted by Crippen LogP contribution is -2.52. The van der Waals surface area contributed by atoms with Gasteiger partial charge in [0.25, 0.3) is 0 Å². The van der Waals surface area contributed by atoms with Gasteiger partial charge in [0.15, 0.2) is 0 Å². The van der Waals surface area contributed by atoms with Crippen LogP contribution in [0, 0.1) is 17.2 Å². The summed E-state index contributed by atoms with van der Waals surface area (Å²) in [6, 6.07) is 2.30. The monoisotopic (exact) mass is 321 g/mol. The van der Waals surface area contributed by atoms with Gasteiger partial charge in [-0.2, -0.15) is 5.26 Å². The molecule has 1 saturated carbocycles. The minimum absolute atomic E-state index is 0.113. The molecule has 1 atom stereocenters. The molecule has 6 heteroatoms. The lowest BCUT2D eigenvalue weighted by Gasteiger charge is -2.34. The number of esters is 1. The lowest BCUT2D eigenvalue weighted by atomic mass is 9.83. The molecular formula is C17H27N3O3. The van der Waals surface area contributed by atoms with Crippen LogP contribution in [0.4, 0.5) is 0 Å². The van der Waals surface area contributed by atoms with E-state index in [1.165, 1.54) is 0 Å². The van der Waals surface area contributed by atoms with Gasteiger partial charge in [-0.25, -0.2) is 0 Å². The Balaban J connectivity index is 1.84. The molecule has 1 aliphatic carbocycles. The molecule has 6 nitrogen and oxygen atoms in total. The second-order valence-corrected chi connectivity index (χ2v) is 6.63. The van der Waals surface area contributed by atoms with Crippen molar-refractivity contribution in [1.82, 2.24) is 10.2 Å². The fraction of sp³-hybridized carbons (Fsp3) is 0.824. The molecule has 1 aliphatic heterocycles. The predicted octanol–water partition coefficient (Wildman–Crippen LogP) is 1.60. The van der Waals surface area contributed by atoms with Crippen molar-refractivity contribution in [2.45, 2.75) is 57.4 Å². The van der Waals surface area contributed by atoms with Gasteiger partial charge in [0.05, 0.1) is 25.1 Å². The summed E-state index contributed by atoms with van der Waals surface area (Å²) in [6.07, 6.45) is 6.29. The molecule has 1 amide bonds. The largest absolute Gasteiger partial charge is 0.466 e. The van der Waals surface area contributed by atoms with Crippen LogP contribution < -0.4 is 5.32 Å². The molecule has 0 bridgehead atoms. The van der Waals surface area contributed by atoms with Crippen LogP contribution in [-0.2, 0) is 14.3 Å². The van der Waals surface area contributed by atoms with E-state index >= 15 is 0 Å². The topological polar surface area (TPSA) is 82.4 Å². The zero-order valence-electron chi connectivity index (χ0n) is 14.0. The van der Waals surface area contributed by atoms with Crippen LogP contribution in [0.15, 0.2) is 0 Å². The number of nitriles is 1. The highest BCUT2D eigenvalue weighted by molar-refractivity contribution is 5.79. The van der Waals surface area contributed by atoms with Gasteiger partial charge in [-0.15, -0.1) is 0 Å². The molecule has 0 aromatic carbocycles. The van der Waals surface area contributed by atoms with Gasteiger partial charge in [-0.1, -0.05) is 19.3 Å². The summed E-state index contributed by atoms with van der Waals surface area (Å²) in [5, 5.41) is 12.4. The number of carbonyl (C=O) groups excluding carboxylic acids is 2. The predicted molar refractivity (Wildman–Crippen MR) is 85.4 cm³/mol. The molecule has 128 valence electrons. The Morgan fingerprint density at radius 2 is 2.04 bits per heavy atom. The van der Waals surface area contributed by atoms with Crippen LogP contribution in [-0.4, -0.2) is 48.6 Å². The van der Waals surface area contributed by atoms with E-state index in [1.54, 1.807) is 6.92 Å². The average molecular weight is 321 g/mol. The summed E-state index contributed by atoms with van der Waals surface area (Å²) < 4.78 is 5.08. The third kappa shape index (κ3) is 4.93. The number of piperidine rings is 1. The summed E-state index contributed by atoms with van der Waals surface area (Å²) in [5.41, 5.74) is -0.689. The molecule has 23 heavy (non-hydrogen) atoms. The fourth-order valence-electron chi connectivity index (χ4n) is 3.58. The van der Waals surface area contributed by atoms with E-state index in [0.29, 0.717) is 13.2 Å². The van der Waals surface area contributed by atoms with E-state index in [2.05, 4.69) is 11.4 Å². The number of amides is 1. The van der Waals surface area contributed by atoms with Crippen molar-refractivity contribution in [2.24, 2.45) is 5.92 Å². The highest BCUT2D eigenvalue weighted by Crippen LogP contribution is 2.27. The molecule has 0 aromatic heterocycles.